The highest BCUT2D eigenvalue weighted by molar-refractivity contribution is 9.10. The lowest BCUT2D eigenvalue weighted by Gasteiger charge is -2.32. The maximum absolute atomic E-state index is 12.0. The Morgan fingerprint density at radius 2 is 2.17 bits per heavy atom. The van der Waals surface area contributed by atoms with E-state index in [1.54, 1.807) is 0 Å². The van der Waals surface area contributed by atoms with Crippen molar-refractivity contribution in [3.05, 3.63) is 34.3 Å². The maximum atomic E-state index is 12.0. The quantitative estimate of drug-likeness (QED) is 0.800. The molecular formula is C13H16BrNO3. The lowest BCUT2D eigenvalue weighted by molar-refractivity contribution is -0.149. The van der Waals surface area contributed by atoms with E-state index in [0.717, 1.165) is 23.1 Å². The first kappa shape index (κ1) is 13.5. The summed E-state index contributed by atoms with van der Waals surface area (Å²) in [5.41, 5.74) is 0.943. The van der Waals surface area contributed by atoms with Crippen LogP contribution in [-0.2, 0) is 14.3 Å². The lowest BCUT2D eigenvalue weighted by Crippen LogP contribution is -2.42. The molecule has 1 unspecified atom stereocenters. The van der Waals surface area contributed by atoms with Crippen LogP contribution >= 0.6 is 15.9 Å². The molecule has 1 aliphatic heterocycles. The first-order valence-corrected chi connectivity index (χ1v) is 6.67. The Kier molecular flexibility index (Phi) is 4.74. The van der Waals surface area contributed by atoms with Gasteiger partial charge in [0.05, 0.1) is 20.3 Å². The second-order valence-electron chi connectivity index (χ2n) is 4.13. The molecule has 1 heterocycles. The van der Waals surface area contributed by atoms with Gasteiger partial charge in [-0.15, -0.1) is 0 Å². The summed E-state index contributed by atoms with van der Waals surface area (Å²) in [6.45, 7) is 2.79. The van der Waals surface area contributed by atoms with Crippen LogP contribution in [0.1, 0.15) is 11.6 Å². The van der Waals surface area contributed by atoms with Gasteiger partial charge in [0, 0.05) is 17.6 Å². The molecule has 0 amide bonds. The molecule has 1 atom stereocenters. The zero-order valence-electron chi connectivity index (χ0n) is 10.3. The molecule has 98 valence electrons. The van der Waals surface area contributed by atoms with Crippen molar-refractivity contribution in [3.63, 3.8) is 0 Å². The molecule has 0 aromatic heterocycles. The van der Waals surface area contributed by atoms with Crippen LogP contribution in [0.15, 0.2) is 28.7 Å². The third-order valence-electron chi connectivity index (χ3n) is 3.00. The van der Waals surface area contributed by atoms with Gasteiger partial charge < -0.3 is 9.47 Å². The third kappa shape index (κ3) is 3.10. The number of nitrogens with zero attached hydrogens (tertiary/aromatic N) is 1. The number of methoxy groups -OCH3 is 1. The van der Waals surface area contributed by atoms with Crippen LogP contribution in [0.3, 0.4) is 0 Å². The van der Waals surface area contributed by atoms with Crippen LogP contribution in [0, 0.1) is 0 Å². The van der Waals surface area contributed by atoms with Gasteiger partial charge in [0.2, 0.25) is 0 Å². The Bertz CT molecular complexity index is 418. The zero-order valence-corrected chi connectivity index (χ0v) is 11.9. The highest BCUT2D eigenvalue weighted by atomic mass is 79.9. The Labute approximate surface area is 115 Å². The van der Waals surface area contributed by atoms with E-state index in [-0.39, 0.29) is 12.0 Å². The first-order chi connectivity index (χ1) is 8.72. The summed E-state index contributed by atoms with van der Waals surface area (Å²) >= 11 is 3.43. The number of ether oxygens (including phenoxy) is 2. The topological polar surface area (TPSA) is 38.8 Å². The van der Waals surface area contributed by atoms with E-state index in [4.69, 9.17) is 9.47 Å². The molecule has 18 heavy (non-hydrogen) atoms. The standard InChI is InChI=1S/C13H16BrNO3/c1-17-13(16)12(15-5-7-18-8-6-15)10-3-2-4-11(14)9-10/h2-4,9,12H,5-8H2,1H3. The van der Waals surface area contributed by atoms with Gasteiger partial charge in [-0.2, -0.15) is 0 Å². The molecular weight excluding hydrogens is 298 g/mol. The molecule has 0 N–H and O–H groups in total. The number of morpholine rings is 1. The Balaban J connectivity index is 2.26. The molecule has 2 rings (SSSR count). The van der Waals surface area contributed by atoms with Crippen LogP contribution in [0.25, 0.3) is 0 Å². The fourth-order valence-corrected chi connectivity index (χ4v) is 2.54. The Morgan fingerprint density at radius 1 is 1.44 bits per heavy atom. The predicted octanol–water partition coefficient (Wildman–Crippen LogP) is 2.00. The number of benzene rings is 1. The monoisotopic (exact) mass is 313 g/mol. The van der Waals surface area contributed by atoms with Gasteiger partial charge in [-0.25, -0.2) is 4.79 Å². The summed E-state index contributed by atoms with van der Waals surface area (Å²) in [7, 11) is 1.42. The van der Waals surface area contributed by atoms with E-state index >= 15 is 0 Å². The molecule has 1 fully saturated rings. The van der Waals surface area contributed by atoms with Crippen molar-refractivity contribution in [2.24, 2.45) is 0 Å². The average molecular weight is 314 g/mol. The van der Waals surface area contributed by atoms with Gasteiger partial charge in [-0.05, 0) is 17.7 Å². The number of esters is 1. The lowest BCUT2D eigenvalue weighted by atomic mass is 10.1. The highest BCUT2D eigenvalue weighted by Gasteiger charge is 2.29. The van der Waals surface area contributed by atoms with Gasteiger partial charge in [0.15, 0.2) is 0 Å². The minimum Gasteiger partial charge on any atom is -0.468 e. The number of carbonyl (C=O) groups excluding carboxylic acids is 1. The van der Waals surface area contributed by atoms with Gasteiger partial charge in [0.25, 0.3) is 0 Å². The summed E-state index contributed by atoms with van der Waals surface area (Å²) in [4.78, 5) is 14.1. The predicted molar refractivity (Wildman–Crippen MR) is 71.3 cm³/mol. The molecule has 0 radical (unpaired) electrons. The van der Waals surface area contributed by atoms with Crippen molar-refractivity contribution < 1.29 is 14.3 Å². The van der Waals surface area contributed by atoms with Crippen molar-refractivity contribution in [1.29, 1.82) is 0 Å². The van der Waals surface area contributed by atoms with Gasteiger partial charge in [-0.3, -0.25) is 4.90 Å². The fourth-order valence-electron chi connectivity index (χ4n) is 2.12. The summed E-state index contributed by atoms with van der Waals surface area (Å²) in [5, 5.41) is 0. The second-order valence-corrected chi connectivity index (χ2v) is 5.04. The van der Waals surface area contributed by atoms with E-state index in [1.165, 1.54) is 7.11 Å². The third-order valence-corrected chi connectivity index (χ3v) is 3.49. The van der Waals surface area contributed by atoms with E-state index in [1.807, 2.05) is 24.3 Å². The summed E-state index contributed by atoms with van der Waals surface area (Å²) < 4.78 is 11.2. The molecule has 5 heteroatoms. The van der Waals surface area contributed by atoms with Gasteiger partial charge in [0.1, 0.15) is 6.04 Å². The molecule has 1 aliphatic rings. The van der Waals surface area contributed by atoms with Crippen molar-refractivity contribution >= 4 is 21.9 Å². The maximum Gasteiger partial charge on any atom is 0.327 e. The van der Waals surface area contributed by atoms with Crippen molar-refractivity contribution in [3.8, 4) is 0 Å². The first-order valence-electron chi connectivity index (χ1n) is 5.87. The zero-order chi connectivity index (χ0) is 13.0. The van der Waals surface area contributed by atoms with E-state index in [9.17, 15) is 4.79 Å². The van der Waals surface area contributed by atoms with Gasteiger partial charge in [-0.1, -0.05) is 28.1 Å². The van der Waals surface area contributed by atoms with Crippen LogP contribution in [0.5, 0.6) is 0 Å². The number of rotatable bonds is 3. The number of halogens is 1. The van der Waals surface area contributed by atoms with Crippen LogP contribution in [0.2, 0.25) is 0 Å². The average Bonchev–Trinajstić information content (AvgIpc) is 2.40. The largest absolute Gasteiger partial charge is 0.468 e. The molecule has 0 saturated carbocycles. The molecule has 0 spiro atoms. The molecule has 0 aliphatic carbocycles. The van der Waals surface area contributed by atoms with Crippen molar-refractivity contribution in [1.82, 2.24) is 4.90 Å². The molecule has 0 bridgehead atoms. The van der Waals surface area contributed by atoms with Crippen LogP contribution < -0.4 is 0 Å². The normalized spacial score (nSPS) is 18.3. The van der Waals surface area contributed by atoms with Crippen molar-refractivity contribution in [2.75, 3.05) is 33.4 Å². The number of carbonyl (C=O) groups is 1. The summed E-state index contributed by atoms with van der Waals surface area (Å²) in [6, 6.07) is 7.42. The minimum atomic E-state index is -0.351. The molecule has 1 aromatic carbocycles. The SMILES string of the molecule is COC(=O)C(c1cccc(Br)c1)N1CCOCC1. The molecule has 1 aromatic rings. The Morgan fingerprint density at radius 3 is 2.78 bits per heavy atom. The second kappa shape index (κ2) is 6.31. The van der Waals surface area contributed by atoms with E-state index < -0.39 is 0 Å². The fraction of sp³-hybridized carbons (Fsp3) is 0.462. The minimum absolute atomic E-state index is 0.227. The van der Waals surface area contributed by atoms with Crippen LogP contribution in [0.4, 0.5) is 0 Å². The van der Waals surface area contributed by atoms with Gasteiger partial charge >= 0.3 is 5.97 Å². The number of hydrogen-bond donors (Lipinski definition) is 0. The summed E-state index contributed by atoms with van der Waals surface area (Å²) in [5.74, 6) is -0.227. The highest BCUT2D eigenvalue weighted by Crippen LogP contribution is 2.25. The van der Waals surface area contributed by atoms with E-state index in [2.05, 4.69) is 20.8 Å². The molecule has 4 nitrogen and oxygen atoms in total. The summed E-state index contributed by atoms with van der Waals surface area (Å²) in [6.07, 6.45) is 0. The molecule has 1 saturated heterocycles. The Hall–Kier alpha value is -0.910. The van der Waals surface area contributed by atoms with Crippen LogP contribution in [-0.4, -0.2) is 44.3 Å². The van der Waals surface area contributed by atoms with E-state index in [0.29, 0.717) is 13.2 Å². The van der Waals surface area contributed by atoms with Crippen molar-refractivity contribution in [2.45, 2.75) is 6.04 Å². The number of hydrogen-bond acceptors (Lipinski definition) is 4. The smallest absolute Gasteiger partial charge is 0.327 e.